The lowest BCUT2D eigenvalue weighted by atomic mass is 10.1. The molecule has 15 heteroatoms. The molecule has 2 amide bonds. The van der Waals surface area contributed by atoms with E-state index in [1.807, 2.05) is 0 Å². The molecule has 0 aliphatic carbocycles. The van der Waals surface area contributed by atoms with E-state index in [2.05, 4.69) is 0 Å². The quantitative estimate of drug-likeness (QED) is 0.0836. The molecule has 1 aliphatic rings. The number of carbonyl (C=O) groups excluding carboxylic acids is 2. The lowest BCUT2D eigenvalue weighted by Gasteiger charge is -2.13. The number of carboxylic acid groups (broad SMARTS) is 1. The van der Waals surface area contributed by atoms with Crippen molar-refractivity contribution in [3.05, 3.63) is 35.4 Å². The van der Waals surface area contributed by atoms with Gasteiger partial charge in [-0.2, -0.15) is 0 Å². The van der Waals surface area contributed by atoms with Gasteiger partial charge < -0.3 is 52.5 Å². The number of fused-ring (bicyclic) bond motifs is 1. The molecule has 0 saturated heterocycles. The van der Waals surface area contributed by atoms with E-state index in [-0.39, 0.29) is 38.0 Å². The molecule has 1 aromatic rings. The first-order valence-electron chi connectivity index (χ1n) is 15.6. The molecule has 0 radical (unpaired) electrons. The summed E-state index contributed by atoms with van der Waals surface area (Å²) in [4.78, 5) is 36.1. The van der Waals surface area contributed by atoms with Gasteiger partial charge in [0.05, 0.1) is 156 Å². The van der Waals surface area contributed by atoms with Crippen LogP contribution in [0.15, 0.2) is 24.3 Å². The van der Waals surface area contributed by atoms with Gasteiger partial charge in [-0.15, -0.1) is 0 Å². The number of amides is 2. The number of benzene rings is 1. The third-order valence-corrected chi connectivity index (χ3v) is 6.15. The maximum absolute atomic E-state index is 12.3. The minimum Gasteiger partial charge on any atom is -0.481 e. The van der Waals surface area contributed by atoms with Gasteiger partial charge in [-0.3, -0.25) is 19.3 Å². The SMILES string of the molecule is O=C(O)CCOCCOCCOCCOCCOCCOCCOCCOCCOCCOCCN1C(=O)c2ccccc2C1=O. The van der Waals surface area contributed by atoms with Crippen LogP contribution in [0.25, 0.3) is 0 Å². The normalized spacial score (nSPS) is 12.7. The Labute approximate surface area is 270 Å². The van der Waals surface area contributed by atoms with Crippen LogP contribution in [0.2, 0.25) is 0 Å². The van der Waals surface area contributed by atoms with Crippen LogP contribution in [0.1, 0.15) is 27.1 Å². The average molecular weight is 660 g/mol. The predicted molar refractivity (Wildman–Crippen MR) is 162 cm³/mol. The highest BCUT2D eigenvalue weighted by atomic mass is 16.6. The molecule has 1 aliphatic heterocycles. The summed E-state index contributed by atoms with van der Waals surface area (Å²) in [5, 5.41) is 8.48. The molecule has 262 valence electrons. The second kappa shape index (κ2) is 27.5. The second-order valence-corrected chi connectivity index (χ2v) is 9.57. The van der Waals surface area contributed by atoms with E-state index in [1.165, 1.54) is 4.90 Å². The Bertz CT molecular complexity index is 915. The lowest BCUT2D eigenvalue weighted by molar-refractivity contribution is -0.138. The largest absolute Gasteiger partial charge is 0.481 e. The molecule has 2 rings (SSSR count). The number of aliphatic carboxylic acids is 1. The highest BCUT2D eigenvalue weighted by Gasteiger charge is 2.34. The molecule has 0 fully saturated rings. The van der Waals surface area contributed by atoms with Gasteiger partial charge in [0.25, 0.3) is 11.8 Å². The third kappa shape index (κ3) is 19.2. The van der Waals surface area contributed by atoms with E-state index in [4.69, 9.17) is 52.5 Å². The van der Waals surface area contributed by atoms with Crippen LogP contribution >= 0.6 is 0 Å². The monoisotopic (exact) mass is 659 g/mol. The van der Waals surface area contributed by atoms with E-state index in [0.29, 0.717) is 130 Å². The molecule has 0 unspecified atom stereocenters. The van der Waals surface area contributed by atoms with E-state index in [9.17, 15) is 14.4 Å². The van der Waals surface area contributed by atoms with Gasteiger partial charge in [0, 0.05) is 0 Å². The minimum absolute atomic E-state index is 0.00867. The summed E-state index contributed by atoms with van der Waals surface area (Å²) in [6.07, 6.45) is -0.00867. The summed E-state index contributed by atoms with van der Waals surface area (Å²) in [6, 6.07) is 6.80. The molecule has 1 aromatic carbocycles. The number of rotatable bonds is 33. The lowest BCUT2D eigenvalue weighted by Crippen LogP contribution is -2.33. The Kier molecular flexibility index (Phi) is 23.7. The smallest absolute Gasteiger partial charge is 0.305 e. The predicted octanol–water partition coefficient (Wildman–Crippen LogP) is 0.923. The number of ether oxygens (including phenoxy) is 10. The van der Waals surface area contributed by atoms with Crippen molar-refractivity contribution in [3.63, 3.8) is 0 Å². The third-order valence-electron chi connectivity index (χ3n) is 6.15. The van der Waals surface area contributed by atoms with Crippen molar-refractivity contribution in [2.45, 2.75) is 6.42 Å². The van der Waals surface area contributed by atoms with Crippen molar-refractivity contribution < 1.29 is 66.9 Å². The summed E-state index contributed by atoms with van der Waals surface area (Å²) < 4.78 is 54.0. The van der Waals surface area contributed by atoms with E-state index in [0.717, 1.165) is 0 Å². The molecule has 0 atom stereocenters. The van der Waals surface area contributed by atoms with Gasteiger partial charge in [0.1, 0.15) is 0 Å². The van der Waals surface area contributed by atoms with Crippen LogP contribution < -0.4 is 0 Å². The number of carbonyl (C=O) groups is 3. The van der Waals surface area contributed by atoms with Crippen molar-refractivity contribution in [1.82, 2.24) is 4.90 Å². The molecule has 1 heterocycles. The first kappa shape index (κ1) is 39.6. The van der Waals surface area contributed by atoms with Gasteiger partial charge in [0.15, 0.2) is 0 Å². The molecule has 0 saturated carbocycles. The zero-order valence-corrected chi connectivity index (χ0v) is 26.6. The highest BCUT2D eigenvalue weighted by Crippen LogP contribution is 2.21. The fourth-order valence-electron chi connectivity index (χ4n) is 3.84. The summed E-state index contributed by atoms with van der Waals surface area (Å²) in [5.41, 5.74) is 0.874. The molecule has 0 spiro atoms. The van der Waals surface area contributed by atoms with Gasteiger partial charge in [-0.05, 0) is 12.1 Å². The number of hydrogen-bond acceptors (Lipinski definition) is 13. The highest BCUT2D eigenvalue weighted by molar-refractivity contribution is 6.21. The van der Waals surface area contributed by atoms with Crippen LogP contribution in [0.3, 0.4) is 0 Å². The first-order valence-corrected chi connectivity index (χ1v) is 15.6. The number of carboxylic acids is 1. The molecule has 0 bridgehead atoms. The Morgan fingerprint density at radius 3 is 1.00 bits per heavy atom. The standard InChI is InChI=1S/C31H49NO14/c33-29(34)5-7-37-9-11-39-13-15-41-17-19-43-21-23-45-25-26-46-24-22-44-20-18-42-16-14-40-12-10-38-8-6-32-30(35)27-3-1-2-4-28(27)31(32)36/h1-4H,5-26H2,(H,33,34). The summed E-state index contributed by atoms with van der Waals surface area (Å²) in [7, 11) is 0. The van der Waals surface area contributed by atoms with Crippen LogP contribution in [-0.2, 0) is 52.2 Å². The van der Waals surface area contributed by atoms with Crippen molar-refractivity contribution in [1.29, 1.82) is 0 Å². The Hall–Kier alpha value is -2.57. The Morgan fingerprint density at radius 2 is 0.717 bits per heavy atom. The van der Waals surface area contributed by atoms with E-state index >= 15 is 0 Å². The van der Waals surface area contributed by atoms with Crippen LogP contribution in [0.4, 0.5) is 0 Å². The molecule has 1 N–H and O–H groups in total. The van der Waals surface area contributed by atoms with E-state index in [1.54, 1.807) is 24.3 Å². The first-order chi connectivity index (χ1) is 22.6. The maximum Gasteiger partial charge on any atom is 0.305 e. The fourth-order valence-corrected chi connectivity index (χ4v) is 3.84. The maximum atomic E-state index is 12.3. The van der Waals surface area contributed by atoms with Crippen LogP contribution in [-0.4, -0.2) is 166 Å². The van der Waals surface area contributed by atoms with Crippen molar-refractivity contribution in [2.24, 2.45) is 0 Å². The minimum atomic E-state index is -0.880. The van der Waals surface area contributed by atoms with Crippen molar-refractivity contribution in [2.75, 3.05) is 139 Å². The topological polar surface area (TPSA) is 167 Å². The molecule has 0 aromatic heterocycles. The van der Waals surface area contributed by atoms with Gasteiger partial charge >= 0.3 is 5.97 Å². The molecule has 46 heavy (non-hydrogen) atoms. The van der Waals surface area contributed by atoms with Gasteiger partial charge in [-0.1, -0.05) is 12.1 Å². The fraction of sp³-hybridized carbons (Fsp3) is 0.710. The summed E-state index contributed by atoms with van der Waals surface area (Å²) in [6.45, 7) is 8.55. The van der Waals surface area contributed by atoms with Gasteiger partial charge in [-0.25, -0.2) is 0 Å². The second-order valence-electron chi connectivity index (χ2n) is 9.57. The number of nitrogens with zero attached hydrogens (tertiary/aromatic N) is 1. The van der Waals surface area contributed by atoms with Crippen molar-refractivity contribution in [3.8, 4) is 0 Å². The van der Waals surface area contributed by atoms with Gasteiger partial charge in [0.2, 0.25) is 0 Å². The Balaban J connectivity index is 1.19. The summed E-state index contributed by atoms with van der Waals surface area (Å²) >= 11 is 0. The number of hydrogen-bond donors (Lipinski definition) is 1. The zero-order chi connectivity index (χ0) is 32.9. The van der Waals surface area contributed by atoms with E-state index < -0.39 is 5.97 Å². The molecular formula is C31H49NO14. The average Bonchev–Trinajstić information content (AvgIpc) is 3.30. The van der Waals surface area contributed by atoms with Crippen molar-refractivity contribution >= 4 is 17.8 Å². The molecular weight excluding hydrogens is 610 g/mol. The summed E-state index contributed by atoms with van der Waals surface area (Å²) in [5.74, 6) is -1.45. The zero-order valence-electron chi connectivity index (χ0n) is 26.6. The Morgan fingerprint density at radius 1 is 0.457 bits per heavy atom. The van der Waals surface area contributed by atoms with Crippen LogP contribution in [0, 0.1) is 0 Å². The van der Waals surface area contributed by atoms with Crippen LogP contribution in [0.5, 0.6) is 0 Å². The number of imide groups is 1. The molecule has 15 nitrogen and oxygen atoms in total.